The lowest BCUT2D eigenvalue weighted by atomic mass is 10.1. The van der Waals surface area contributed by atoms with Crippen molar-refractivity contribution >= 4 is 46.4 Å². The first-order valence-electron chi connectivity index (χ1n) is 11.0. The van der Waals surface area contributed by atoms with Crippen LogP contribution in [0.15, 0.2) is 24.3 Å². The van der Waals surface area contributed by atoms with E-state index in [1.165, 1.54) is 57.8 Å². The van der Waals surface area contributed by atoms with Gasteiger partial charge in [-0.25, -0.2) is 0 Å². The van der Waals surface area contributed by atoms with Gasteiger partial charge in [-0.3, -0.25) is 4.79 Å². The van der Waals surface area contributed by atoms with Crippen molar-refractivity contribution in [1.82, 2.24) is 5.32 Å². The molecule has 0 spiro atoms. The molecule has 1 atom stereocenters. The summed E-state index contributed by atoms with van der Waals surface area (Å²) in [6.45, 7) is 4.21. The molecule has 1 amide bonds. The van der Waals surface area contributed by atoms with Gasteiger partial charge in [-0.15, -0.1) is 0 Å². The van der Waals surface area contributed by atoms with Crippen molar-refractivity contribution < 1.29 is 4.79 Å². The third kappa shape index (κ3) is 12.6. The predicted octanol–water partition coefficient (Wildman–Crippen LogP) is 7.92. The number of hydrogen-bond donors (Lipinski definition) is 2. The normalized spacial score (nSPS) is 12.6. The van der Waals surface area contributed by atoms with E-state index in [4.69, 9.17) is 34.8 Å². The number of rotatable bonds is 15. The number of para-hydroxylation sites is 1. The smallest absolute Gasteiger partial charge is 0.228 e. The molecule has 1 aromatic rings. The number of nitrogens with one attached hydrogen (secondary N) is 2. The largest absolute Gasteiger partial charge is 0.362 e. The summed E-state index contributed by atoms with van der Waals surface area (Å²) >= 11 is 18.2. The molecular weight excluding hydrogens is 427 g/mol. The molecule has 1 aromatic carbocycles. The van der Waals surface area contributed by atoms with Gasteiger partial charge in [0, 0.05) is 12.1 Å². The molecule has 6 heteroatoms. The summed E-state index contributed by atoms with van der Waals surface area (Å²) in [5, 5.41) is 5.96. The molecule has 1 unspecified atom stereocenters. The van der Waals surface area contributed by atoms with Gasteiger partial charge in [-0.2, -0.15) is 0 Å². The first-order chi connectivity index (χ1) is 13.8. The minimum absolute atomic E-state index is 0.0988. The van der Waals surface area contributed by atoms with Crippen molar-refractivity contribution in [2.45, 2.75) is 101 Å². The highest BCUT2D eigenvalue weighted by Crippen LogP contribution is 2.31. The number of alkyl halides is 3. The summed E-state index contributed by atoms with van der Waals surface area (Å²) in [5.74, 6) is -0.0988. The maximum absolute atomic E-state index is 12.3. The Kier molecular flexibility index (Phi) is 13.8. The Bertz CT molecular complexity index is 575. The molecule has 0 radical (unpaired) electrons. The Morgan fingerprint density at radius 1 is 0.897 bits per heavy atom. The zero-order valence-corrected chi connectivity index (χ0v) is 20.2. The minimum Gasteiger partial charge on any atom is -0.362 e. The van der Waals surface area contributed by atoms with Gasteiger partial charge in [-0.1, -0.05) is 124 Å². The summed E-state index contributed by atoms with van der Waals surface area (Å²) in [7, 11) is 0. The Morgan fingerprint density at radius 2 is 1.41 bits per heavy atom. The molecule has 0 aromatic heterocycles. The van der Waals surface area contributed by atoms with Crippen molar-refractivity contribution in [3.05, 3.63) is 29.8 Å². The summed E-state index contributed by atoms with van der Waals surface area (Å²) in [4.78, 5) is 12.3. The molecule has 0 saturated carbocycles. The van der Waals surface area contributed by atoms with Crippen LogP contribution in [0.1, 0.15) is 89.5 Å². The summed E-state index contributed by atoms with van der Waals surface area (Å²) in [6, 6.07) is 7.70. The number of aryl methyl sites for hydroxylation is 1. The lowest BCUT2D eigenvalue weighted by Gasteiger charge is -2.28. The second-order valence-electron chi connectivity index (χ2n) is 7.79. The standard InChI is InChI=1S/C23H37Cl3N2O/c1-3-4-5-6-7-8-9-10-11-12-13-18-21(29)28-22(23(24,25)26)27-20-17-15-14-16-19(20)2/h14-17,22,27H,3-13,18H2,1-2H3,(H,28,29). The molecule has 29 heavy (non-hydrogen) atoms. The van der Waals surface area contributed by atoms with Crippen molar-refractivity contribution in [3.63, 3.8) is 0 Å². The second-order valence-corrected chi connectivity index (χ2v) is 10.2. The highest BCUT2D eigenvalue weighted by molar-refractivity contribution is 6.68. The van der Waals surface area contributed by atoms with Crippen LogP contribution in [0.4, 0.5) is 5.69 Å². The number of anilines is 1. The van der Waals surface area contributed by atoms with E-state index in [0.29, 0.717) is 6.42 Å². The van der Waals surface area contributed by atoms with E-state index in [1.54, 1.807) is 0 Å². The van der Waals surface area contributed by atoms with Gasteiger partial charge >= 0.3 is 0 Å². The van der Waals surface area contributed by atoms with E-state index in [0.717, 1.165) is 24.1 Å². The fourth-order valence-corrected chi connectivity index (χ4v) is 3.60. The van der Waals surface area contributed by atoms with Gasteiger partial charge in [0.1, 0.15) is 6.17 Å². The van der Waals surface area contributed by atoms with Crippen molar-refractivity contribution in [2.75, 3.05) is 5.32 Å². The minimum atomic E-state index is -1.64. The number of carbonyl (C=O) groups excluding carboxylic acids is 1. The summed E-state index contributed by atoms with van der Waals surface area (Å²) in [6.07, 6.45) is 13.4. The molecule has 3 nitrogen and oxygen atoms in total. The number of unbranched alkanes of at least 4 members (excludes halogenated alkanes) is 10. The van der Waals surface area contributed by atoms with Crippen LogP contribution >= 0.6 is 34.8 Å². The Hall–Kier alpha value is -0.640. The number of amides is 1. The number of benzene rings is 1. The van der Waals surface area contributed by atoms with E-state index >= 15 is 0 Å². The molecule has 0 bridgehead atoms. The fraction of sp³-hybridized carbons (Fsp3) is 0.696. The van der Waals surface area contributed by atoms with Gasteiger partial charge in [0.25, 0.3) is 0 Å². The van der Waals surface area contributed by atoms with Crippen LogP contribution in [0.2, 0.25) is 0 Å². The van der Waals surface area contributed by atoms with Crippen LogP contribution in [-0.4, -0.2) is 15.9 Å². The predicted molar refractivity (Wildman–Crippen MR) is 128 cm³/mol. The molecule has 0 heterocycles. The zero-order valence-electron chi connectivity index (χ0n) is 17.9. The van der Waals surface area contributed by atoms with E-state index in [9.17, 15) is 4.79 Å². The third-order valence-electron chi connectivity index (χ3n) is 5.08. The molecule has 0 aliphatic heterocycles. The Morgan fingerprint density at radius 3 is 1.93 bits per heavy atom. The maximum Gasteiger partial charge on any atom is 0.228 e. The van der Waals surface area contributed by atoms with Crippen molar-refractivity contribution in [1.29, 1.82) is 0 Å². The molecular formula is C23H37Cl3N2O. The maximum atomic E-state index is 12.3. The average Bonchev–Trinajstić information content (AvgIpc) is 2.66. The lowest BCUT2D eigenvalue weighted by Crippen LogP contribution is -2.49. The summed E-state index contributed by atoms with van der Waals surface area (Å²) in [5.41, 5.74) is 1.85. The van der Waals surface area contributed by atoms with E-state index in [2.05, 4.69) is 17.6 Å². The highest BCUT2D eigenvalue weighted by atomic mass is 35.6. The third-order valence-corrected chi connectivity index (χ3v) is 5.74. The monoisotopic (exact) mass is 462 g/mol. The van der Waals surface area contributed by atoms with Crippen molar-refractivity contribution in [2.24, 2.45) is 0 Å². The van der Waals surface area contributed by atoms with Gasteiger partial charge in [0.2, 0.25) is 9.70 Å². The molecule has 0 fully saturated rings. The second kappa shape index (κ2) is 15.2. The average molecular weight is 464 g/mol. The molecule has 166 valence electrons. The van der Waals surface area contributed by atoms with Crippen molar-refractivity contribution in [3.8, 4) is 0 Å². The summed E-state index contributed by atoms with van der Waals surface area (Å²) < 4.78 is -1.64. The van der Waals surface area contributed by atoms with Crippen LogP contribution < -0.4 is 10.6 Å². The SMILES string of the molecule is CCCCCCCCCCCCCC(=O)NC(Nc1ccccc1C)C(Cl)(Cl)Cl. The number of halogens is 3. The van der Waals surface area contributed by atoms with Crippen LogP contribution in [-0.2, 0) is 4.79 Å². The van der Waals surface area contributed by atoms with Crippen LogP contribution in [0, 0.1) is 6.92 Å². The first-order valence-corrected chi connectivity index (χ1v) is 12.2. The van der Waals surface area contributed by atoms with E-state index in [-0.39, 0.29) is 5.91 Å². The van der Waals surface area contributed by atoms with Crippen LogP contribution in [0.5, 0.6) is 0 Å². The van der Waals surface area contributed by atoms with Crippen LogP contribution in [0.25, 0.3) is 0 Å². The molecule has 0 saturated heterocycles. The van der Waals surface area contributed by atoms with Gasteiger partial charge < -0.3 is 10.6 Å². The Balaban J connectivity index is 2.21. The molecule has 1 rings (SSSR count). The van der Waals surface area contributed by atoms with E-state index in [1.807, 2.05) is 31.2 Å². The van der Waals surface area contributed by atoms with Gasteiger partial charge in [0.05, 0.1) is 0 Å². The van der Waals surface area contributed by atoms with E-state index < -0.39 is 9.96 Å². The Labute approximate surface area is 192 Å². The molecule has 0 aliphatic rings. The van der Waals surface area contributed by atoms with Gasteiger partial charge in [0.15, 0.2) is 0 Å². The number of hydrogen-bond acceptors (Lipinski definition) is 2. The van der Waals surface area contributed by atoms with Gasteiger partial charge in [-0.05, 0) is 25.0 Å². The quantitative estimate of drug-likeness (QED) is 0.157. The lowest BCUT2D eigenvalue weighted by molar-refractivity contribution is -0.121. The highest BCUT2D eigenvalue weighted by Gasteiger charge is 2.34. The first kappa shape index (κ1) is 26.4. The molecule has 2 N–H and O–H groups in total. The zero-order chi connectivity index (χ0) is 21.5. The molecule has 0 aliphatic carbocycles. The topological polar surface area (TPSA) is 41.1 Å². The number of carbonyl (C=O) groups is 1. The van der Waals surface area contributed by atoms with Crippen LogP contribution in [0.3, 0.4) is 0 Å². The fourth-order valence-electron chi connectivity index (χ4n) is 3.27.